The number of ether oxygens (including phenoxy) is 1. The smallest absolute Gasteiger partial charge is 0.251 e. The Hall–Kier alpha value is -3.06. The minimum atomic E-state index is -0.292. The lowest BCUT2D eigenvalue weighted by atomic mass is 9.92. The Labute approximate surface area is 155 Å². The van der Waals surface area contributed by atoms with Crippen molar-refractivity contribution in [1.29, 1.82) is 0 Å². The summed E-state index contributed by atoms with van der Waals surface area (Å²) in [5.74, 6) is 0.197. The van der Waals surface area contributed by atoms with Gasteiger partial charge >= 0.3 is 0 Å². The second kappa shape index (κ2) is 7.28. The fourth-order valence-electron chi connectivity index (χ4n) is 3.41. The SMILES string of the molecule is CC(=O)NCCOc1ccc2c(ccc3occ(C4CCONC4=O)c32)c1. The van der Waals surface area contributed by atoms with Gasteiger partial charge in [-0.05, 0) is 41.5 Å². The number of carbonyl (C=O) groups excluding carboxylic acids is 2. The molecule has 1 aromatic heterocycles. The fraction of sp³-hybridized carbons (Fsp3) is 0.300. The molecule has 140 valence electrons. The molecule has 1 atom stereocenters. The summed E-state index contributed by atoms with van der Waals surface area (Å²) in [6, 6.07) is 9.68. The standard InChI is InChI=1S/C20H20N2O5/c1-12(23)21-7-9-25-14-3-4-15-13(10-14)2-5-18-19(15)17(11-26-18)16-6-8-27-22-20(16)24/h2-5,10-11,16H,6-9H2,1H3,(H,21,23)(H,22,24). The molecule has 3 aromatic rings. The van der Waals surface area contributed by atoms with Gasteiger partial charge < -0.3 is 14.5 Å². The molecule has 7 nitrogen and oxygen atoms in total. The third kappa shape index (κ3) is 3.46. The molecule has 27 heavy (non-hydrogen) atoms. The van der Waals surface area contributed by atoms with Crippen LogP contribution in [0.1, 0.15) is 24.8 Å². The van der Waals surface area contributed by atoms with Gasteiger partial charge in [-0.25, -0.2) is 5.48 Å². The maximum atomic E-state index is 12.2. The molecule has 0 bridgehead atoms. The Bertz CT molecular complexity index is 1010. The van der Waals surface area contributed by atoms with Gasteiger partial charge in [-0.2, -0.15) is 0 Å². The van der Waals surface area contributed by atoms with Crippen molar-refractivity contribution in [3.63, 3.8) is 0 Å². The molecular weight excluding hydrogens is 348 g/mol. The van der Waals surface area contributed by atoms with E-state index in [0.29, 0.717) is 26.2 Å². The first-order valence-electron chi connectivity index (χ1n) is 8.86. The molecule has 7 heteroatoms. The summed E-state index contributed by atoms with van der Waals surface area (Å²) in [4.78, 5) is 28.1. The van der Waals surface area contributed by atoms with E-state index >= 15 is 0 Å². The van der Waals surface area contributed by atoms with Gasteiger partial charge in [-0.1, -0.05) is 6.07 Å². The van der Waals surface area contributed by atoms with Crippen LogP contribution in [0.15, 0.2) is 41.0 Å². The van der Waals surface area contributed by atoms with Gasteiger partial charge in [0.05, 0.1) is 25.3 Å². The normalized spacial score (nSPS) is 17.1. The molecule has 1 unspecified atom stereocenters. The lowest BCUT2D eigenvalue weighted by molar-refractivity contribution is -0.141. The second-order valence-corrected chi connectivity index (χ2v) is 6.50. The molecule has 2 heterocycles. The van der Waals surface area contributed by atoms with Crippen molar-refractivity contribution in [2.24, 2.45) is 0 Å². The van der Waals surface area contributed by atoms with E-state index in [0.717, 1.165) is 33.1 Å². The van der Waals surface area contributed by atoms with Crippen LogP contribution >= 0.6 is 0 Å². The molecule has 4 rings (SSSR count). The van der Waals surface area contributed by atoms with E-state index in [2.05, 4.69) is 10.8 Å². The van der Waals surface area contributed by atoms with Crippen molar-refractivity contribution in [1.82, 2.24) is 10.8 Å². The van der Waals surface area contributed by atoms with E-state index in [9.17, 15) is 9.59 Å². The molecule has 0 spiro atoms. The van der Waals surface area contributed by atoms with E-state index < -0.39 is 0 Å². The van der Waals surface area contributed by atoms with E-state index in [1.807, 2.05) is 30.3 Å². The Morgan fingerprint density at radius 3 is 3.04 bits per heavy atom. The molecular formula is C20H20N2O5. The van der Waals surface area contributed by atoms with Gasteiger partial charge in [0.1, 0.15) is 17.9 Å². The van der Waals surface area contributed by atoms with Crippen LogP contribution in [-0.2, 0) is 14.4 Å². The number of furan rings is 1. The summed E-state index contributed by atoms with van der Waals surface area (Å²) >= 11 is 0. The highest BCUT2D eigenvalue weighted by molar-refractivity contribution is 6.09. The zero-order valence-electron chi connectivity index (χ0n) is 14.9. The van der Waals surface area contributed by atoms with Crippen molar-refractivity contribution >= 4 is 33.6 Å². The van der Waals surface area contributed by atoms with Crippen LogP contribution in [0.4, 0.5) is 0 Å². The van der Waals surface area contributed by atoms with Gasteiger partial charge in [-0.15, -0.1) is 0 Å². The number of rotatable bonds is 5. The number of fused-ring (bicyclic) bond motifs is 3. The second-order valence-electron chi connectivity index (χ2n) is 6.50. The number of hydrogen-bond donors (Lipinski definition) is 2. The van der Waals surface area contributed by atoms with Crippen molar-refractivity contribution in [3.8, 4) is 5.75 Å². The molecule has 0 radical (unpaired) electrons. The highest BCUT2D eigenvalue weighted by Gasteiger charge is 2.28. The molecule has 2 aromatic carbocycles. The Morgan fingerprint density at radius 1 is 1.33 bits per heavy atom. The van der Waals surface area contributed by atoms with Gasteiger partial charge in [0.25, 0.3) is 5.91 Å². The molecule has 2 amide bonds. The van der Waals surface area contributed by atoms with Crippen LogP contribution in [0.2, 0.25) is 0 Å². The largest absolute Gasteiger partial charge is 0.492 e. The van der Waals surface area contributed by atoms with Crippen LogP contribution in [0.5, 0.6) is 5.75 Å². The average Bonchev–Trinajstić information content (AvgIpc) is 3.09. The maximum Gasteiger partial charge on any atom is 0.251 e. The highest BCUT2D eigenvalue weighted by atomic mass is 16.7. The van der Waals surface area contributed by atoms with Crippen molar-refractivity contribution in [2.75, 3.05) is 19.8 Å². The van der Waals surface area contributed by atoms with E-state index in [1.54, 1.807) is 6.26 Å². The number of hydrogen-bond acceptors (Lipinski definition) is 5. The minimum absolute atomic E-state index is 0.0795. The van der Waals surface area contributed by atoms with Crippen molar-refractivity contribution < 1.29 is 23.6 Å². The third-order valence-electron chi connectivity index (χ3n) is 4.67. The highest BCUT2D eigenvalue weighted by Crippen LogP contribution is 2.37. The molecule has 2 N–H and O–H groups in total. The summed E-state index contributed by atoms with van der Waals surface area (Å²) in [6.07, 6.45) is 2.28. The average molecular weight is 368 g/mol. The number of hydroxylamine groups is 1. The Morgan fingerprint density at radius 2 is 2.22 bits per heavy atom. The van der Waals surface area contributed by atoms with Gasteiger partial charge in [0.2, 0.25) is 5.91 Å². The van der Waals surface area contributed by atoms with Crippen LogP contribution in [0, 0.1) is 0 Å². The Balaban J connectivity index is 1.65. The Kier molecular flexibility index (Phi) is 4.68. The van der Waals surface area contributed by atoms with Gasteiger partial charge in [0, 0.05) is 17.9 Å². The van der Waals surface area contributed by atoms with Crippen LogP contribution in [-0.4, -0.2) is 31.6 Å². The molecule has 1 fully saturated rings. The molecule has 1 aliphatic rings. The van der Waals surface area contributed by atoms with Crippen LogP contribution < -0.4 is 15.5 Å². The maximum absolute atomic E-state index is 12.2. The van der Waals surface area contributed by atoms with Crippen LogP contribution in [0.3, 0.4) is 0 Å². The number of carbonyl (C=O) groups is 2. The molecule has 0 aliphatic carbocycles. The molecule has 1 saturated heterocycles. The lowest BCUT2D eigenvalue weighted by Crippen LogP contribution is -2.35. The quantitative estimate of drug-likeness (QED) is 0.676. The predicted molar refractivity (Wildman–Crippen MR) is 99.4 cm³/mol. The van der Waals surface area contributed by atoms with Gasteiger partial charge in [0.15, 0.2) is 0 Å². The van der Waals surface area contributed by atoms with Crippen molar-refractivity contribution in [2.45, 2.75) is 19.3 Å². The van der Waals surface area contributed by atoms with Crippen LogP contribution in [0.25, 0.3) is 21.7 Å². The first kappa shape index (κ1) is 17.4. The number of benzene rings is 2. The predicted octanol–water partition coefficient (Wildman–Crippen LogP) is 2.64. The summed E-state index contributed by atoms with van der Waals surface area (Å²) in [5, 5.41) is 5.64. The number of nitrogens with one attached hydrogen (secondary N) is 2. The summed E-state index contributed by atoms with van der Waals surface area (Å²) < 4.78 is 11.4. The van der Waals surface area contributed by atoms with Gasteiger partial charge in [-0.3, -0.25) is 14.4 Å². The minimum Gasteiger partial charge on any atom is -0.492 e. The zero-order valence-corrected chi connectivity index (χ0v) is 14.9. The van der Waals surface area contributed by atoms with Crippen molar-refractivity contribution in [3.05, 3.63) is 42.2 Å². The summed E-state index contributed by atoms with van der Waals surface area (Å²) in [5.41, 5.74) is 4.07. The zero-order chi connectivity index (χ0) is 18.8. The molecule has 1 aliphatic heterocycles. The number of amides is 2. The first-order valence-corrected chi connectivity index (χ1v) is 8.86. The monoisotopic (exact) mass is 368 g/mol. The van der Waals surface area contributed by atoms with E-state index in [1.165, 1.54) is 6.92 Å². The first-order chi connectivity index (χ1) is 13.1. The summed E-state index contributed by atoms with van der Waals surface area (Å²) in [7, 11) is 0. The topological polar surface area (TPSA) is 89.8 Å². The van der Waals surface area contributed by atoms with E-state index in [-0.39, 0.29) is 17.7 Å². The third-order valence-corrected chi connectivity index (χ3v) is 4.67. The fourth-order valence-corrected chi connectivity index (χ4v) is 3.41. The lowest BCUT2D eigenvalue weighted by Gasteiger charge is -2.21. The summed E-state index contributed by atoms with van der Waals surface area (Å²) in [6.45, 7) is 2.80. The van der Waals surface area contributed by atoms with E-state index in [4.69, 9.17) is 14.0 Å². The molecule has 0 saturated carbocycles.